The van der Waals surface area contributed by atoms with Crippen LogP contribution < -0.4 is 9.47 Å². The Morgan fingerprint density at radius 1 is 1.19 bits per heavy atom. The Hall–Kier alpha value is -2.01. The van der Waals surface area contributed by atoms with E-state index in [-0.39, 0.29) is 4.88 Å². The maximum Gasteiger partial charge on any atom is 0.349 e. The zero-order chi connectivity index (χ0) is 15.2. The molecule has 0 spiro atoms. The number of hydrogen-bond acceptors (Lipinski definition) is 4. The van der Waals surface area contributed by atoms with Gasteiger partial charge < -0.3 is 14.6 Å². The molecular formula is C16H18O4S. The molecule has 0 bridgehead atoms. The van der Waals surface area contributed by atoms with Gasteiger partial charge in [0, 0.05) is 4.88 Å². The Kier molecular flexibility index (Phi) is 5.22. The van der Waals surface area contributed by atoms with Gasteiger partial charge in [0.15, 0.2) is 4.88 Å². The van der Waals surface area contributed by atoms with Crippen molar-refractivity contribution in [3.63, 3.8) is 0 Å². The second kappa shape index (κ2) is 7.13. The highest BCUT2D eigenvalue weighted by Crippen LogP contribution is 2.30. The molecule has 0 radical (unpaired) electrons. The van der Waals surface area contributed by atoms with Crippen LogP contribution in [0.15, 0.2) is 30.3 Å². The highest BCUT2D eigenvalue weighted by molar-refractivity contribution is 7.14. The molecule has 1 aromatic carbocycles. The van der Waals surface area contributed by atoms with Crippen molar-refractivity contribution >= 4 is 17.3 Å². The quantitative estimate of drug-likeness (QED) is 0.840. The third kappa shape index (κ3) is 3.98. The monoisotopic (exact) mass is 306 g/mol. The van der Waals surface area contributed by atoms with Crippen molar-refractivity contribution in [3.8, 4) is 11.5 Å². The predicted octanol–water partition coefficient (Wildman–Crippen LogP) is 3.99. The molecular weight excluding hydrogens is 288 g/mol. The third-order valence-electron chi connectivity index (χ3n) is 2.92. The Bertz CT molecular complexity index is 601. The molecule has 21 heavy (non-hydrogen) atoms. The number of carbonyl (C=O) groups is 1. The number of carboxylic acid groups (broad SMARTS) is 1. The van der Waals surface area contributed by atoms with E-state index in [1.165, 1.54) is 11.3 Å². The van der Waals surface area contributed by atoms with Crippen molar-refractivity contribution in [2.24, 2.45) is 0 Å². The highest BCUT2D eigenvalue weighted by atomic mass is 32.1. The Morgan fingerprint density at radius 2 is 1.90 bits per heavy atom. The van der Waals surface area contributed by atoms with E-state index >= 15 is 0 Å². The molecule has 0 unspecified atom stereocenters. The minimum Gasteiger partial charge on any atom is -0.494 e. The number of aryl methyl sites for hydroxylation is 1. The summed E-state index contributed by atoms with van der Waals surface area (Å²) in [5, 5.41) is 9.18. The first-order valence-electron chi connectivity index (χ1n) is 6.84. The summed E-state index contributed by atoms with van der Waals surface area (Å²) in [6, 6.07) is 9.40. The van der Waals surface area contributed by atoms with Gasteiger partial charge in [-0.25, -0.2) is 4.79 Å². The van der Waals surface area contributed by atoms with Crippen LogP contribution in [-0.2, 0) is 13.0 Å². The summed E-state index contributed by atoms with van der Waals surface area (Å²) in [6.07, 6.45) is 0.803. The van der Waals surface area contributed by atoms with E-state index in [2.05, 4.69) is 0 Å². The molecule has 0 saturated heterocycles. The number of rotatable bonds is 7. The maximum atomic E-state index is 11.2. The summed E-state index contributed by atoms with van der Waals surface area (Å²) in [7, 11) is 0. The van der Waals surface area contributed by atoms with Crippen molar-refractivity contribution in [1.29, 1.82) is 0 Å². The minimum atomic E-state index is -0.943. The van der Waals surface area contributed by atoms with E-state index in [9.17, 15) is 9.90 Å². The molecule has 0 atom stereocenters. The van der Waals surface area contributed by atoms with Gasteiger partial charge in [-0.15, -0.1) is 11.3 Å². The second-order valence-electron chi connectivity index (χ2n) is 4.43. The Morgan fingerprint density at radius 3 is 2.48 bits per heavy atom. The average Bonchev–Trinajstić information content (AvgIpc) is 2.90. The molecule has 0 fully saturated rings. The van der Waals surface area contributed by atoms with Crippen molar-refractivity contribution in [2.75, 3.05) is 6.61 Å². The fourth-order valence-corrected chi connectivity index (χ4v) is 2.74. The topological polar surface area (TPSA) is 55.8 Å². The zero-order valence-corrected chi connectivity index (χ0v) is 12.9. The van der Waals surface area contributed by atoms with E-state index in [0.29, 0.717) is 19.0 Å². The van der Waals surface area contributed by atoms with Gasteiger partial charge in [-0.2, -0.15) is 0 Å². The van der Waals surface area contributed by atoms with Crippen molar-refractivity contribution in [1.82, 2.24) is 0 Å². The van der Waals surface area contributed by atoms with E-state index < -0.39 is 5.97 Å². The van der Waals surface area contributed by atoms with E-state index in [0.717, 1.165) is 22.6 Å². The lowest BCUT2D eigenvalue weighted by molar-refractivity contribution is 0.0697. The zero-order valence-electron chi connectivity index (χ0n) is 12.1. The van der Waals surface area contributed by atoms with Crippen LogP contribution in [-0.4, -0.2) is 17.7 Å². The molecule has 0 saturated carbocycles. The summed E-state index contributed by atoms with van der Waals surface area (Å²) in [6.45, 7) is 4.90. The summed E-state index contributed by atoms with van der Waals surface area (Å²) in [5.74, 6) is 0.316. The van der Waals surface area contributed by atoms with Gasteiger partial charge >= 0.3 is 5.97 Å². The average molecular weight is 306 g/mol. The lowest BCUT2D eigenvalue weighted by Gasteiger charge is -2.07. The van der Waals surface area contributed by atoms with Crippen LogP contribution in [0.5, 0.6) is 11.5 Å². The van der Waals surface area contributed by atoms with E-state index in [1.54, 1.807) is 0 Å². The molecule has 112 valence electrons. The lowest BCUT2D eigenvalue weighted by atomic mass is 10.2. The van der Waals surface area contributed by atoms with Crippen LogP contribution in [0, 0.1) is 0 Å². The first-order chi connectivity index (χ1) is 10.1. The van der Waals surface area contributed by atoms with E-state index in [4.69, 9.17) is 9.47 Å². The molecule has 0 aliphatic rings. The number of carboxylic acids is 1. The van der Waals surface area contributed by atoms with E-state index in [1.807, 2.05) is 44.2 Å². The Balaban J connectivity index is 2.05. The third-order valence-corrected chi connectivity index (χ3v) is 4.17. The van der Waals surface area contributed by atoms with Crippen LogP contribution in [0.2, 0.25) is 0 Å². The van der Waals surface area contributed by atoms with Gasteiger partial charge in [0.1, 0.15) is 18.1 Å². The predicted molar refractivity (Wildman–Crippen MR) is 82.6 cm³/mol. The molecule has 1 N–H and O–H groups in total. The van der Waals surface area contributed by atoms with Crippen LogP contribution in [0.4, 0.5) is 0 Å². The molecule has 1 heterocycles. The highest BCUT2D eigenvalue weighted by Gasteiger charge is 2.16. The number of aromatic carboxylic acids is 1. The number of benzene rings is 1. The van der Waals surface area contributed by atoms with Crippen molar-refractivity contribution in [2.45, 2.75) is 26.9 Å². The lowest BCUT2D eigenvalue weighted by Crippen LogP contribution is -2.00. The molecule has 0 aliphatic heterocycles. The van der Waals surface area contributed by atoms with Gasteiger partial charge in [0.2, 0.25) is 0 Å². The van der Waals surface area contributed by atoms with Crippen LogP contribution in [0.25, 0.3) is 0 Å². The minimum absolute atomic E-state index is 0.262. The number of hydrogen-bond donors (Lipinski definition) is 1. The second-order valence-corrected chi connectivity index (χ2v) is 5.57. The standard InChI is InChI=1S/C16H18O4S/c1-3-13-9-14(15(21-13)16(17)18)20-10-11-5-7-12(8-6-11)19-4-2/h5-9H,3-4,10H2,1-2H3,(H,17,18). The van der Waals surface area contributed by atoms with Crippen LogP contribution in [0.1, 0.15) is 34.0 Å². The molecule has 2 aromatic rings. The normalized spacial score (nSPS) is 10.4. The fourth-order valence-electron chi connectivity index (χ4n) is 1.86. The summed E-state index contributed by atoms with van der Waals surface area (Å²) in [4.78, 5) is 12.5. The van der Waals surface area contributed by atoms with Gasteiger partial charge in [0.25, 0.3) is 0 Å². The molecule has 1 aromatic heterocycles. The van der Waals surface area contributed by atoms with Gasteiger partial charge in [0.05, 0.1) is 6.61 Å². The molecule has 4 nitrogen and oxygen atoms in total. The number of thiophene rings is 1. The first-order valence-corrected chi connectivity index (χ1v) is 7.66. The largest absolute Gasteiger partial charge is 0.494 e. The molecule has 5 heteroatoms. The first kappa shape index (κ1) is 15.4. The summed E-state index contributed by atoms with van der Waals surface area (Å²) in [5.41, 5.74) is 0.971. The smallest absolute Gasteiger partial charge is 0.349 e. The molecule has 0 aliphatic carbocycles. The van der Waals surface area contributed by atoms with Gasteiger partial charge in [-0.3, -0.25) is 0 Å². The Labute approximate surface area is 128 Å². The van der Waals surface area contributed by atoms with Gasteiger partial charge in [-0.1, -0.05) is 19.1 Å². The molecule has 0 amide bonds. The SMILES string of the molecule is CCOc1ccc(COc2cc(CC)sc2C(=O)O)cc1. The van der Waals surface area contributed by atoms with Gasteiger partial charge in [-0.05, 0) is 37.1 Å². The summed E-state index contributed by atoms with van der Waals surface area (Å²) >= 11 is 1.27. The fraction of sp³-hybridized carbons (Fsp3) is 0.312. The van der Waals surface area contributed by atoms with Crippen LogP contribution >= 0.6 is 11.3 Å². The summed E-state index contributed by atoms with van der Waals surface area (Å²) < 4.78 is 11.0. The number of ether oxygens (including phenoxy) is 2. The van der Waals surface area contributed by atoms with Crippen LogP contribution in [0.3, 0.4) is 0 Å². The van der Waals surface area contributed by atoms with Crippen molar-refractivity contribution < 1.29 is 19.4 Å². The molecule has 2 rings (SSSR count). The van der Waals surface area contributed by atoms with Crippen molar-refractivity contribution in [3.05, 3.63) is 45.6 Å². The maximum absolute atomic E-state index is 11.2.